The summed E-state index contributed by atoms with van der Waals surface area (Å²) in [6.07, 6.45) is 0. The Morgan fingerprint density at radius 1 is 1.10 bits per heavy atom. The van der Waals surface area contributed by atoms with Crippen LogP contribution in [0.5, 0.6) is 0 Å². The van der Waals surface area contributed by atoms with E-state index in [4.69, 9.17) is 5.11 Å². The maximum absolute atomic E-state index is 11.9. The van der Waals surface area contributed by atoms with Gasteiger partial charge in [0.1, 0.15) is 0 Å². The van der Waals surface area contributed by atoms with Gasteiger partial charge in [-0.1, -0.05) is 0 Å². The van der Waals surface area contributed by atoms with Gasteiger partial charge in [0, 0.05) is 19.2 Å². The van der Waals surface area contributed by atoms with Crippen LogP contribution in [0.1, 0.15) is 34.6 Å². The molecule has 0 aliphatic rings. The van der Waals surface area contributed by atoms with Crippen LogP contribution in [-0.2, 0) is 4.79 Å². The first-order valence-electron chi connectivity index (χ1n) is 6.11. The molecule has 108 valence electrons. The van der Waals surface area contributed by atoms with Gasteiger partial charge in [-0.15, -0.1) is 0 Å². The van der Waals surface area contributed by atoms with Gasteiger partial charge in [0.05, 0.1) is 11.0 Å². The molecular weight excluding hydrogens is 260 g/mol. The third-order valence-electron chi connectivity index (χ3n) is 2.93. The molecule has 0 aliphatic carbocycles. The Morgan fingerprint density at radius 3 is 2.05 bits per heavy atom. The predicted octanol–water partition coefficient (Wildman–Crippen LogP) is 0.887. The van der Waals surface area contributed by atoms with Gasteiger partial charge in [-0.2, -0.15) is 0 Å². The summed E-state index contributed by atoms with van der Waals surface area (Å²) >= 11 is 0. The Kier molecular flexibility index (Phi) is 4.85. The lowest BCUT2D eigenvalue weighted by molar-refractivity contribution is -0.128. The van der Waals surface area contributed by atoms with E-state index < -0.39 is 11.4 Å². The molecule has 0 heterocycles. The lowest BCUT2D eigenvalue weighted by atomic mass is 9.92. The van der Waals surface area contributed by atoms with Crippen molar-refractivity contribution in [3.8, 4) is 0 Å². The number of rotatable bonds is 5. The lowest BCUT2D eigenvalue weighted by Gasteiger charge is -2.22. The van der Waals surface area contributed by atoms with Crippen molar-refractivity contribution >= 4 is 17.8 Å². The average molecular weight is 278 g/mol. The Bertz CT molecular complexity index is 520. The van der Waals surface area contributed by atoms with Crippen LogP contribution in [0.15, 0.2) is 24.3 Å². The Morgan fingerprint density at radius 2 is 1.60 bits per heavy atom. The monoisotopic (exact) mass is 278 g/mol. The summed E-state index contributed by atoms with van der Waals surface area (Å²) in [5.41, 5.74) is -0.249. The molecule has 2 amide bonds. The average Bonchev–Trinajstić information content (AvgIpc) is 2.43. The summed E-state index contributed by atoms with van der Waals surface area (Å²) in [6, 6.07) is 5.60. The number of carboxylic acids is 1. The molecule has 0 saturated heterocycles. The standard InChI is InChI=1S/C14H18N2O4/c1-14(2,13(20)15-3)8-16-11(17)9-4-6-10(7-5-9)12(18)19/h4-7H,8H2,1-3H3,(H,15,20)(H,16,17)(H,18,19). The smallest absolute Gasteiger partial charge is 0.335 e. The second-order valence-corrected chi connectivity index (χ2v) is 5.03. The summed E-state index contributed by atoms with van der Waals surface area (Å²) < 4.78 is 0. The minimum Gasteiger partial charge on any atom is -0.478 e. The van der Waals surface area contributed by atoms with E-state index in [0.29, 0.717) is 5.56 Å². The molecule has 0 atom stereocenters. The first-order chi connectivity index (χ1) is 9.27. The summed E-state index contributed by atoms with van der Waals surface area (Å²) in [5, 5.41) is 14.0. The van der Waals surface area contributed by atoms with Crippen molar-refractivity contribution in [2.75, 3.05) is 13.6 Å². The van der Waals surface area contributed by atoms with Gasteiger partial charge in [0.2, 0.25) is 5.91 Å². The third-order valence-corrected chi connectivity index (χ3v) is 2.93. The molecule has 20 heavy (non-hydrogen) atoms. The van der Waals surface area contributed by atoms with E-state index >= 15 is 0 Å². The van der Waals surface area contributed by atoms with E-state index in [9.17, 15) is 14.4 Å². The Balaban J connectivity index is 2.68. The molecule has 6 heteroatoms. The number of carbonyl (C=O) groups excluding carboxylic acids is 2. The number of amides is 2. The number of carbonyl (C=O) groups is 3. The zero-order valence-corrected chi connectivity index (χ0v) is 11.7. The van der Waals surface area contributed by atoms with Gasteiger partial charge >= 0.3 is 5.97 Å². The molecule has 1 rings (SSSR count). The van der Waals surface area contributed by atoms with E-state index in [-0.39, 0.29) is 23.9 Å². The van der Waals surface area contributed by atoms with Gasteiger partial charge in [-0.25, -0.2) is 4.79 Å². The van der Waals surface area contributed by atoms with Crippen molar-refractivity contribution in [2.45, 2.75) is 13.8 Å². The Labute approximate surface area is 117 Å². The number of hydrogen-bond acceptors (Lipinski definition) is 3. The molecule has 0 radical (unpaired) electrons. The SMILES string of the molecule is CNC(=O)C(C)(C)CNC(=O)c1ccc(C(=O)O)cc1. The van der Waals surface area contributed by atoms with Crippen molar-refractivity contribution in [3.63, 3.8) is 0 Å². The number of hydrogen-bond donors (Lipinski definition) is 3. The van der Waals surface area contributed by atoms with Crippen molar-refractivity contribution in [1.82, 2.24) is 10.6 Å². The minimum atomic E-state index is -1.04. The van der Waals surface area contributed by atoms with Gasteiger partial charge in [-0.3, -0.25) is 9.59 Å². The molecule has 0 aliphatic heterocycles. The molecule has 0 unspecified atom stereocenters. The summed E-state index contributed by atoms with van der Waals surface area (Å²) in [5.74, 6) is -1.56. The molecule has 0 aromatic heterocycles. The highest BCUT2D eigenvalue weighted by Gasteiger charge is 2.27. The first-order valence-corrected chi connectivity index (χ1v) is 6.11. The molecule has 0 fully saturated rings. The van der Waals surface area contributed by atoms with Crippen LogP contribution in [0.25, 0.3) is 0 Å². The van der Waals surface area contributed by atoms with Crippen LogP contribution >= 0.6 is 0 Å². The molecule has 0 bridgehead atoms. The molecule has 3 N–H and O–H groups in total. The fourth-order valence-electron chi connectivity index (χ4n) is 1.59. The van der Waals surface area contributed by atoms with Crippen molar-refractivity contribution in [1.29, 1.82) is 0 Å². The topological polar surface area (TPSA) is 95.5 Å². The Hall–Kier alpha value is -2.37. The first kappa shape index (κ1) is 15.7. The van der Waals surface area contributed by atoms with Crippen LogP contribution in [0, 0.1) is 5.41 Å². The van der Waals surface area contributed by atoms with Crippen molar-refractivity contribution in [3.05, 3.63) is 35.4 Å². The summed E-state index contributed by atoms with van der Waals surface area (Å²) in [6.45, 7) is 3.63. The second kappa shape index (κ2) is 6.18. The van der Waals surface area contributed by atoms with E-state index in [1.165, 1.54) is 31.3 Å². The van der Waals surface area contributed by atoms with Crippen molar-refractivity contribution in [2.24, 2.45) is 5.41 Å². The highest BCUT2D eigenvalue weighted by atomic mass is 16.4. The second-order valence-electron chi connectivity index (χ2n) is 5.03. The normalized spacial score (nSPS) is 10.8. The quantitative estimate of drug-likeness (QED) is 0.745. The number of nitrogens with one attached hydrogen (secondary N) is 2. The van der Waals surface area contributed by atoms with E-state index in [1.54, 1.807) is 13.8 Å². The van der Waals surface area contributed by atoms with Crippen LogP contribution in [0.2, 0.25) is 0 Å². The highest BCUT2D eigenvalue weighted by Crippen LogP contribution is 2.13. The van der Waals surface area contributed by atoms with Crippen molar-refractivity contribution < 1.29 is 19.5 Å². The van der Waals surface area contributed by atoms with Gasteiger partial charge in [0.25, 0.3) is 5.91 Å². The molecule has 6 nitrogen and oxygen atoms in total. The van der Waals surface area contributed by atoms with Gasteiger partial charge < -0.3 is 15.7 Å². The number of carboxylic acid groups (broad SMARTS) is 1. The van der Waals surface area contributed by atoms with E-state index in [2.05, 4.69) is 10.6 Å². The molecule has 1 aromatic rings. The zero-order chi connectivity index (χ0) is 15.3. The van der Waals surface area contributed by atoms with E-state index in [0.717, 1.165) is 0 Å². The largest absolute Gasteiger partial charge is 0.478 e. The fraction of sp³-hybridized carbons (Fsp3) is 0.357. The lowest BCUT2D eigenvalue weighted by Crippen LogP contribution is -2.43. The number of aromatic carboxylic acids is 1. The maximum atomic E-state index is 11.9. The van der Waals surface area contributed by atoms with Crippen LogP contribution in [-0.4, -0.2) is 36.5 Å². The molecule has 0 saturated carbocycles. The maximum Gasteiger partial charge on any atom is 0.335 e. The van der Waals surface area contributed by atoms with Gasteiger partial charge in [-0.05, 0) is 38.1 Å². The fourth-order valence-corrected chi connectivity index (χ4v) is 1.59. The van der Waals surface area contributed by atoms with Crippen LogP contribution < -0.4 is 10.6 Å². The highest BCUT2D eigenvalue weighted by molar-refractivity contribution is 5.96. The summed E-state index contributed by atoms with van der Waals surface area (Å²) in [7, 11) is 1.54. The predicted molar refractivity (Wildman–Crippen MR) is 73.6 cm³/mol. The molecular formula is C14H18N2O4. The van der Waals surface area contributed by atoms with Crippen LogP contribution in [0.3, 0.4) is 0 Å². The summed E-state index contributed by atoms with van der Waals surface area (Å²) in [4.78, 5) is 34.2. The third kappa shape index (κ3) is 3.81. The number of benzene rings is 1. The zero-order valence-electron chi connectivity index (χ0n) is 11.7. The minimum absolute atomic E-state index is 0.118. The molecule has 0 spiro atoms. The van der Waals surface area contributed by atoms with Gasteiger partial charge in [0.15, 0.2) is 0 Å². The van der Waals surface area contributed by atoms with E-state index in [1.807, 2.05) is 0 Å². The molecule has 1 aromatic carbocycles. The van der Waals surface area contributed by atoms with Crippen LogP contribution in [0.4, 0.5) is 0 Å².